The molecule has 114 valence electrons. The molecule has 0 aliphatic heterocycles. The average Bonchev–Trinajstić information content (AvgIpc) is 2.74. The molecular formula is C14H14BrF3N2O. The van der Waals surface area contributed by atoms with E-state index in [0.29, 0.717) is 17.3 Å². The molecule has 1 aliphatic rings. The van der Waals surface area contributed by atoms with Crippen molar-refractivity contribution >= 4 is 26.8 Å². The minimum absolute atomic E-state index is 0.000548. The SMILES string of the molecule is FC(F)(F)c1cc(OCCBr)cc2cn(C3CCC3)nc12. The Morgan fingerprint density at radius 2 is 2.10 bits per heavy atom. The lowest BCUT2D eigenvalue weighted by molar-refractivity contribution is -0.136. The average molecular weight is 363 g/mol. The van der Waals surface area contributed by atoms with Crippen molar-refractivity contribution in [3.8, 4) is 5.75 Å². The molecule has 7 heteroatoms. The summed E-state index contributed by atoms with van der Waals surface area (Å²) < 4.78 is 46.6. The Kier molecular flexibility index (Phi) is 3.86. The lowest BCUT2D eigenvalue weighted by atomic mass is 9.93. The molecule has 1 aromatic carbocycles. The van der Waals surface area contributed by atoms with Crippen LogP contribution in [0.5, 0.6) is 5.75 Å². The Bertz CT molecular complexity index is 649. The van der Waals surface area contributed by atoms with Crippen molar-refractivity contribution in [2.75, 3.05) is 11.9 Å². The van der Waals surface area contributed by atoms with Crippen LogP contribution in [0.1, 0.15) is 30.9 Å². The van der Waals surface area contributed by atoms with E-state index in [1.54, 1.807) is 16.9 Å². The van der Waals surface area contributed by atoms with E-state index < -0.39 is 11.7 Å². The number of alkyl halides is 4. The van der Waals surface area contributed by atoms with Crippen molar-refractivity contribution in [2.45, 2.75) is 31.5 Å². The number of halogens is 4. The monoisotopic (exact) mass is 362 g/mol. The molecule has 3 nitrogen and oxygen atoms in total. The van der Waals surface area contributed by atoms with Crippen LogP contribution < -0.4 is 4.74 Å². The first-order valence-corrected chi connectivity index (χ1v) is 7.90. The van der Waals surface area contributed by atoms with Crippen LogP contribution in [-0.4, -0.2) is 21.7 Å². The van der Waals surface area contributed by atoms with Gasteiger partial charge in [-0.05, 0) is 31.4 Å². The second-order valence-electron chi connectivity index (χ2n) is 5.14. The summed E-state index contributed by atoms with van der Waals surface area (Å²) in [5.41, 5.74) is -0.733. The van der Waals surface area contributed by atoms with Gasteiger partial charge in [0.15, 0.2) is 0 Å². The predicted octanol–water partition coefficient (Wildman–Crippen LogP) is 4.55. The number of ether oxygens (including phenoxy) is 1. The zero-order valence-corrected chi connectivity index (χ0v) is 12.7. The normalized spacial score (nSPS) is 16.2. The number of rotatable bonds is 4. The lowest BCUT2D eigenvalue weighted by Gasteiger charge is -2.25. The third-order valence-corrected chi connectivity index (χ3v) is 4.02. The maximum Gasteiger partial charge on any atom is 0.418 e. The van der Waals surface area contributed by atoms with Crippen molar-refractivity contribution < 1.29 is 17.9 Å². The van der Waals surface area contributed by atoms with Crippen molar-refractivity contribution in [3.63, 3.8) is 0 Å². The van der Waals surface area contributed by atoms with Crippen LogP contribution in [0.3, 0.4) is 0 Å². The molecule has 0 radical (unpaired) electrons. The number of hydrogen-bond donors (Lipinski definition) is 0. The number of aromatic nitrogens is 2. The van der Waals surface area contributed by atoms with E-state index in [9.17, 15) is 13.2 Å². The molecule has 0 unspecified atom stereocenters. The van der Waals surface area contributed by atoms with Crippen LogP contribution in [0.25, 0.3) is 10.9 Å². The summed E-state index contributed by atoms with van der Waals surface area (Å²) in [6, 6.07) is 2.88. The molecule has 0 atom stereocenters. The quantitative estimate of drug-likeness (QED) is 0.745. The maximum atomic E-state index is 13.2. The van der Waals surface area contributed by atoms with Crippen LogP contribution in [-0.2, 0) is 6.18 Å². The highest BCUT2D eigenvalue weighted by Crippen LogP contribution is 2.39. The van der Waals surface area contributed by atoms with E-state index in [1.165, 1.54) is 0 Å². The van der Waals surface area contributed by atoms with Crippen molar-refractivity contribution in [1.29, 1.82) is 0 Å². The molecule has 0 N–H and O–H groups in total. The molecule has 1 aromatic heterocycles. The second-order valence-corrected chi connectivity index (χ2v) is 5.93. The van der Waals surface area contributed by atoms with Gasteiger partial charge in [-0.15, -0.1) is 0 Å². The zero-order valence-electron chi connectivity index (χ0n) is 11.2. The second kappa shape index (κ2) is 5.51. The van der Waals surface area contributed by atoms with Crippen LogP contribution in [0.2, 0.25) is 0 Å². The highest BCUT2D eigenvalue weighted by molar-refractivity contribution is 9.09. The molecule has 0 amide bonds. The van der Waals surface area contributed by atoms with Gasteiger partial charge in [0.05, 0.1) is 18.2 Å². The van der Waals surface area contributed by atoms with Gasteiger partial charge in [0.1, 0.15) is 11.3 Å². The largest absolute Gasteiger partial charge is 0.493 e. The molecule has 0 spiro atoms. The van der Waals surface area contributed by atoms with Gasteiger partial charge in [-0.3, -0.25) is 4.68 Å². The maximum absolute atomic E-state index is 13.2. The molecule has 1 fully saturated rings. The predicted molar refractivity (Wildman–Crippen MR) is 76.9 cm³/mol. The Hall–Kier alpha value is -1.24. The van der Waals surface area contributed by atoms with Gasteiger partial charge in [0.2, 0.25) is 0 Å². The van der Waals surface area contributed by atoms with E-state index in [-0.39, 0.29) is 17.3 Å². The smallest absolute Gasteiger partial charge is 0.418 e. The van der Waals surface area contributed by atoms with E-state index in [1.807, 2.05) is 0 Å². The summed E-state index contributed by atoms with van der Waals surface area (Å²) >= 11 is 3.19. The summed E-state index contributed by atoms with van der Waals surface area (Å²) in [6.07, 6.45) is 0.303. The van der Waals surface area contributed by atoms with Gasteiger partial charge >= 0.3 is 6.18 Å². The lowest BCUT2D eigenvalue weighted by Crippen LogP contribution is -2.17. The Balaban J connectivity index is 2.07. The number of fused-ring (bicyclic) bond motifs is 1. The fraction of sp³-hybridized carbons (Fsp3) is 0.500. The first kappa shape index (κ1) is 14.7. The zero-order chi connectivity index (χ0) is 15.0. The summed E-state index contributed by atoms with van der Waals surface area (Å²) in [4.78, 5) is 0. The molecule has 3 rings (SSSR count). The van der Waals surface area contributed by atoms with Crippen LogP contribution in [0, 0.1) is 0 Å². The summed E-state index contributed by atoms with van der Waals surface area (Å²) in [7, 11) is 0. The Labute approximate surface area is 128 Å². The van der Waals surface area contributed by atoms with Crippen LogP contribution >= 0.6 is 15.9 Å². The Morgan fingerprint density at radius 1 is 1.33 bits per heavy atom. The molecule has 0 bridgehead atoms. The number of benzene rings is 1. The molecule has 1 saturated carbocycles. The topological polar surface area (TPSA) is 27.1 Å². The molecule has 2 aromatic rings. The van der Waals surface area contributed by atoms with Gasteiger partial charge < -0.3 is 4.74 Å². The fourth-order valence-corrected chi connectivity index (χ4v) is 2.58. The number of nitrogens with zero attached hydrogens (tertiary/aromatic N) is 2. The molecule has 1 aliphatic carbocycles. The standard InChI is InChI=1S/C14H14BrF3N2O/c15-4-5-21-11-6-9-8-20(10-2-1-3-10)19-13(9)12(7-11)14(16,17)18/h6-8,10H,1-5H2. The first-order chi connectivity index (χ1) is 9.99. The van der Waals surface area contributed by atoms with E-state index in [2.05, 4.69) is 21.0 Å². The Morgan fingerprint density at radius 3 is 2.67 bits per heavy atom. The van der Waals surface area contributed by atoms with Crippen molar-refractivity contribution in [1.82, 2.24) is 9.78 Å². The van der Waals surface area contributed by atoms with E-state index >= 15 is 0 Å². The minimum atomic E-state index is -4.44. The summed E-state index contributed by atoms with van der Waals surface area (Å²) in [6.45, 7) is 0.319. The third-order valence-electron chi connectivity index (χ3n) is 3.70. The molecule has 0 saturated heterocycles. The highest BCUT2D eigenvalue weighted by Gasteiger charge is 2.35. The molecular weight excluding hydrogens is 349 g/mol. The highest BCUT2D eigenvalue weighted by atomic mass is 79.9. The van der Waals surface area contributed by atoms with Gasteiger partial charge in [-0.25, -0.2) is 0 Å². The van der Waals surface area contributed by atoms with E-state index in [0.717, 1.165) is 25.3 Å². The molecule has 1 heterocycles. The first-order valence-electron chi connectivity index (χ1n) is 6.78. The minimum Gasteiger partial charge on any atom is -0.493 e. The van der Waals surface area contributed by atoms with Gasteiger partial charge in [0.25, 0.3) is 0 Å². The van der Waals surface area contributed by atoms with Crippen LogP contribution in [0.15, 0.2) is 18.3 Å². The van der Waals surface area contributed by atoms with Gasteiger partial charge in [-0.2, -0.15) is 18.3 Å². The number of hydrogen-bond acceptors (Lipinski definition) is 2. The van der Waals surface area contributed by atoms with Gasteiger partial charge in [0, 0.05) is 16.9 Å². The third kappa shape index (κ3) is 2.88. The summed E-state index contributed by atoms with van der Waals surface area (Å²) in [5.74, 6) is 0.224. The van der Waals surface area contributed by atoms with Gasteiger partial charge in [-0.1, -0.05) is 15.9 Å². The summed E-state index contributed by atoms with van der Waals surface area (Å²) in [5, 5.41) is 5.19. The van der Waals surface area contributed by atoms with E-state index in [4.69, 9.17) is 4.74 Å². The van der Waals surface area contributed by atoms with Crippen molar-refractivity contribution in [2.24, 2.45) is 0 Å². The van der Waals surface area contributed by atoms with Crippen LogP contribution in [0.4, 0.5) is 13.2 Å². The fourth-order valence-electron chi connectivity index (χ4n) is 2.42. The molecule has 21 heavy (non-hydrogen) atoms. The van der Waals surface area contributed by atoms with Crippen molar-refractivity contribution in [3.05, 3.63) is 23.9 Å².